The average Bonchev–Trinajstić information content (AvgIpc) is 2.84. The molecule has 0 radical (unpaired) electrons. The predicted octanol–water partition coefficient (Wildman–Crippen LogP) is 2.76. The fourth-order valence-electron chi connectivity index (χ4n) is 3.81. The van der Waals surface area contributed by atoms with Gasteiger partial charge < -0.3 is 19.7 Å². The number of benzene rings is 2. The van der Waals surface area contributed by atoms with Crippen LogP contribution in [0, 0.1) is 0 Å². The van der Waals surface area contributed by atoms with Gasteiger partial charge >= 0.3 is 0 Å². The lowest BCUT2D eigenvalue weighted by Gasteiger charge is -2.25. The molecule has 0 spiro atoms. The predicted molar refractivity (Wildman–Crippen MR) is 129 cm³/mol. The minimum Gasteiger partial charge on any atom is -0.493 e. The quantitative estimate of drug-likeness (QED) is 0.611. The SMILES string of the molecule is COc1cc(NC(=O)Cc2ccc(S(=O)(=O)N3CCCCC3)cc2)c(C(=O)N(C)C)cc1OC. The van der Waals surface area contributed by atoms with E-state index in [9.17, 15) is 18.0 Å². The van der Waals surface area contributed by atoms with E-state index in [1.807, 2.05) is 0 Å². The molecule has 0 aromatic heterocycles. The second-order valence-corrected chi connectivity index (χ2v) is 10.2. The molecular formula is C24H31N3O6S. The summed E-state index contributed by atoms with van der Waals surface area (Å²) in [6.45, 7) is 1.07. The molecule has 1 aliphatic heterocycles. The van der Waals surface area contributed by atoms with Crippen LogP contribution >= 0.6 is 0 Å². The number of hydrogen-bond acceptors (Lipinski definition) is 6. The molecule has 184 valence electrons. The van der Waals surface area contributed by atoms with Gasteiger partial charge in [0.25, 0.3) is 5.91 Å². The largest absolute Gasteiger partial charge is 0.493 e. The fraction of sp³-hybridized carbons (Fsp3) is 0.417. The zero-order valence-electron chi connectivity index (χ0n) is 20.0. The Morgan fingerprint density at radius 3 is 2.12 bits per heavy atom. The number of nitrogens with one attached hydrogen (secondary N) is 1. The van der Waals surface area contributed by atoms with Crippen LogP contribution in [-0.4, -0.2) is 70.8 Å². The minimum absolute atomic E-state index is 0.00792. The molecule has 1 heterocycles. The molecule has 0 aliphatic carbocycles. The third-order valence-corrected chi connectivity index (χ3v) is 7.59. The maximum atomic E-state index is 12.8. The minimum atomic E-state index is -3.53. The van der Waals surface area contributed by atoms with Crippen LogP contribution in [0.3, 0.4) is 0 Å². The van der Waals surface area contributed by atoms with Gasteiger partial charge in [0.2, 0.25) is 15.9 Å². The van der Waals surface area contributed by atoms with Crippen LogP contribution in [-0.2, 0) is 21.2 Å². The first-order valence-electron chi connectivity index (χ1n) is 11.0. The summed E-state index contributed by atoms with van der Waals surface area (Å²) in [6.07, 6.45) is 2.79. The van der Waals surface area contributed by atoms with Crippen molar-refractivity contribution in [3.8, 4) is 11.5 Å². The highest BCUT2D eigenvalue weighted by Crippen LogP contribution is 2.34. The van der Waals surface area contributed by atoms with Crippen molar-refractivity contribution in [1.29, 1.82) is 0 Å². The lowest BCUT2D eigenvalue weighted by atomic mass is 10.1. The van der Waals surface area contributed by atoms with Crippen LogP contribution in [0.15, 0.2) is 41.3 Å². The number of carbonyl (C=O) groups is 2. The van der Waals surface area contributed by atoms with E-state index in [-0.39, 0.29) is 28.7 Å². The van der Waals surface area contributed by atoms with E-state index < -0.39 is 10.0 Å². The van der Waals surface area contributed by atoms with Crippen LogP contribution < -0.4 is 14.8 Å². The van der Waals surface area contributed by atoms with Gasteiger partial charge in [-0.3, -0.25) is 9.59 Å². The van der Waals surface area contributed by atoms with Gasteiger partial charge in [-0.15, -0.1) is 0 Å². The van der Waals surface area contributed by atoms with Crippen molar-refractivity contribution in [3.05, 3.63) is 47.5 Å². The maximum absolute atomic E-state index is 12.8. The zero-order chi connectivity index (χ0) is 24.9. The molecule has 0 unspecified atom stereocenters. The van der Waals surface area contributed by atoms with Gasteiger partial charge in [-0.25, -0.2) is 8.42 Å². The molecule has 34 heavy (non-hydrogen) atoms. The lowest BCUT2D eigenvalue weighted by molar-refractivity contribution is -0.115. The molecule has 0 saturated carbocycles. The number of hydrogen-bond donors (Lipinski definition) is 1. The van der Waals surface area contributed by atoms with Crippen LogP contribution in [0.2, 0.25) is 0 Å². The highest BCUT2D eigenvalue weighted by atomic mass is 32.2. The number of methoxy groups -OCH3 is 2. The number of anilines is 1. The van der Waals surface area contributed by atoms with E-state index >= 15 is 0 Å². The van der Waals surface area contributed by atoms with E-state index in [2.05, 4.69) is 5.32 Å². The summed E-state index contributed by atoms with van der Waals surface area (Å²) < 4.78 is 37.7. The first-order valence-corrected chi connectivity index (χ1v) is 12.5. The van der Waals surface area contributed by atoms with Gasteiger partial charge in [0.05, 0.1) is 36.8 Å². The maximum Gasteiger partial charge on any atom is 0.255 e. The first kappa shape index (κ1) is 25.5. The topological polar surface area (TPSA) is 105 Å². The highest BCUT2D eigenvalue weighted by molar-refractivity contribution is 7.89. The Balaban J connectivity index is 1.77. The normalized spacial score (nSPS) is 14.4. The van der Waals surface area contributed by atoms with E-state index in [4.69, 9.17) is 9.47 Å². The Labute approximate surface area is 200 Å². The smallest absolute Gasteiger partial charge is 0.255 e. The second kappa shape index (κ2) is 10.9. The molecule has 3 rings (SSSR count). The van der Waals surface area contributed by atoms with E-state index in [1.54, 1.807) is 32.3 Å². The van der Waals surface area contributed by atoms with Crippen LogP contribution in [0.25, 0.3) is 0 Å². The number of amides is 2. The molecule has 1 aliphatic rings. The number of rotatable bonds is 8. The highest BCUT2D eigenvalue weighted by Gasteiger charge is 2.26. The first-order chi connectivity index (χ1) is 16.2. The van der Waals surface area contributed by atoms with Crippen molar-refractivity contribution in [1.82, 2.24) is 9.21 Å². The molecule has 10 heteroatoms. The molecule has 1 fully saturated rings. The monoisotopic (exact) mass is 489 g/mol. The Kier molecular flexibility index (Phi) is 8.16. The number of nitrogens with zero attached hydrogens (tertiary/aromatic N) is 2. The summed E-state index contributed by atoms with van der Waals surface area (Å²) in [5.41, 5.74) is 1.21. The van der Waals surface area contributed by atoms with E-state index in [0.717, 1.165) is 19.3 Å². The van der Waals surface area contributed by atoms with Gasteiger partial charge in [-0.2, -0.15) is 4.31 Å². The molecule has 0 bridgehead atoms. The third kappa shape index (κ3) is 5.68. The average molecular weight is 490 g/mol. The molecule has 9 nitrogen and oxygen atoms in total. The van der Waals surface area contributed by atoms with E-state index in [1.165, 1.54) is 41.6 Å². The summed E-state index contributed by atoms with van der Waals surface area (Å²) in [5.74, 6) is 0.0896. The van der Waals surface area contributed by atoms with Gasteiger partial charge in [-0.1, -0.05) is 18.6 Å². The van der Waals surface area contributed by atoms with Crippen molar-refractivity contribution in [2.45, 2.75) is 30.6 Å². The summed E-state index contributed by atoms with van der Waals surface area (Å²) in [5, 5.41) is 2.77. The van der Waals surface area contributed by atoms with Gasteiger partial charge in [0.15, 0.2) is 11.5 Å². The summed E-state index contributed by atoms with van der Waals surface area (Å²) >= 11 is 0. The Hall–Kier alpha value is -3.11. The number of sulfonamides is 1. The number of piperidine rings is 1. The number of carbonyl (C=O) groups excluding carboxylic acids is 2. The zero-order valence-corrected chi connectivity index (χ0v) is 20.8. The Morgan fingerprint density at radius 2 is 1.56 bits per heavy atom. The van der Waals surface area contributed by atoms with Crippen molar-refractivity contribution in [3.63, 3.8) is 0 Å². The van der Waals surface area contributed by atoms with Gasteiger partial charge in [0, 0.05) is 33.3 Å². The van der Waals surface area contributed by atoms with Crippen LogP contribution in [0.5, 0.6) is 11.5 Å². The summed E-state index contributed by atoms with van der Waals surface area (Å²) in [7, 11) is 2.64. The second-order valence-electron chi connectivity index (χ2n) is 8.29. The standard InChI is InChI=1S/C24H31N3O6S/c1-26(2)24(29)19-15-21(32-3)22(33-4)16-20(19)25-23(28)14-17-8-10-18(11-9-17)34(30,31)27-12-6-5-7-13-27/h8-11,15-16H,5-7,12-14H2,1-4H3,(H,25,28). The van der Waals surface area contributed by atoms with E-state index in [0.29, 0.717) is 35.8 Å². The van der Waals surface area contributed by atoms with Crippen molar-refractivity contribution < 1.29 is 27.5 Å². The molecular weight excluding hydrogens is 458 g/mol. The van der Waals surface area contributed by atoms with Gasteiger partial charge in [0.1, 0.15) is 0 Å². The summed E-state index contributed by atoms with van der Waals surface area (Å²) in [4.78, 5) is 27.0. The molecule has 2 aromatic carbocycles. The lowest BCUT2D eigenvalue weighted by Crippen LogP contribution is -2.35. The third-order valence-electron chi connectivity index (χ3n) is 5.68. The summed E-state index contributed by atoms with van der Waals surface area (Å²) in [6, 6.07) is 9.40. The molecule has 2 aromatic rings. The van der Waals surface area contributed by atoms with Crippen molar-refractivity contribution in [2.75, 3.05) is 46.7 Å². The fourth-order valence-corrected chi connectivity index (χ4v) is 5.33. The van der Waals surface area contributed by atoms with Crippen molar-refractivity contribution >= 4 is 27.5 Å². The molecule has 0 atom stereocenters. The molecule has 1 saturated heterocycles. The Morgan fingerprint density at radius 1 is 0.971 bits per heavy atom. The van der Waals surface area contributed by atoms with Gasteiger partial charge in [-0.05, 0) is 36.6 Å². The van der Waals surface area contributed by atoms with Crippen LogP contribution in [0.1, 0.15) is 35.2 Å². The number of ether oxygens (including phenoxy) is 2. The van der Waals surface area contributed by atoms with Crippen molar-refractivity contribution in [2.24, 2.45) is 0 Å². The molecule has 1 N–H and O–H groups in total. The Bertz CT molecular complexity index is 1140. The van der Waals surface area contributed by atoms with Crippen LogP contribution in [0.4, 0.5) is 5.69 Å². The molecule has 2 amide bonds.